The van der Waals surface area contributed by atoms with Crippen LogP contribution in [0, 0.1) is 22.5 Å². The van der Waals surface area contributed by atoms with E-state index in [1.165, 1.54) is 29.9 Å². The van der Waals surface area contributed by atoms with E-state index in [-0.39, 0.29) is 33.8 Å². The minimum absolute atomic E-state index is 0.117. The van der Waals surface area contributed by atoms with Gasteiger partial charge in [-0.3, -0.25) is 24.7 Å². The van der Waals surface area contributed by atoms with Crippen LogP contribution in [0.25, 0.3) is 22.8 Å². The number of aryl methyl sites for hydroxylation is 3. The smallest absolute Gasteiger partial charge is 0.252 e. The molecule has 0 saturated carbocycles. The quantitative estimate of drug-likeness (QED) is 0.129. The van der Waals surface area contributed by atoms with Gasteiger partial charge in [-0.25, -0.2) is 13.5 Å². The number of halogens is 3. The Morgan fingerprint density at radius 3 is 1.48 bits per heavy atom. The van der Waals surface area contributed by atoms with Gasteiger partial charge in [0.2, 0.25) is 5.24 Å². The van der Waals surface area contributed by atoms with Crippen molar-refractivity contribution in [1.29, 1.82) is 0 Å². The predicted molar refractivity (Wildman–Crippen MR) is 239 cm³/mol. The van der Waals surface area contributed by atoms with Gasteiger partial charge in [0, 0.05) is 23.2 Å². The zero-order chi connectivity index (χ0) is 44.3. The van der Waals surface area contributed by atoms with Crippen LogP contribution in [0.5, 0.6) is 0 Å². The number of hydrogen-bond donors (Lipinski definition) is 1. The summed E-state index contributed by atoms with van der Waals surface area (Å²) in [5.41, 5.74) is 3.42. The molecule has 9 nitrogen and oxygen atoms in total. The largest absolute Gasteiger partial charge is 0.304 e. The molecule has 0 saturated heterocycles. The SMILES string of the molecule is CC(C)(C)C(=O)Cl.CC(C)(C)C(=O)n1nc(-c2ccccn2)c(F)c1CCc1ccccc1.CCN(CC)CC.Fc1c(-c2ccccn2)n[nH]c1CCc1ccccc1. The van der Waals surface area contributed by atoms with Gasteiger partial charge in [-0.15, -0.1) is 0 Å². The predicted octanol–water partition coefficient (Wildman–Crippen LogP) is 11.1. The van der Waals surface area contributed by atoms with Crippen molar-refractivity contribution in [2.24, 2.45) is 10.8 Å². The van der Waals surface area contributed by atoms with Crippen molar-refractivity contribution < 1.29 is 18.4 Å². The van der Waals surface area contributed by atoms with Crippen molar-refractivity contribution >= 4 is 22.8 Å². The summed E-state index contributed by atoms with van der Waals surface area (Å²) in [5, 5.41) is 10.8. The molecule has 4 aromatic heterocycles. The van der Waals surface area contributed by atoms with E-state index in [9.17, 15) is 14.0 Å². The van der Waals surface area contributed by atoms with Crippen LogP contribution in [-0.4, -0.2) is 65.6 Å². The lowest BCUT2D eigenvalue weighted by Gasteiger charge is -2.17. The number of nitrogens with one attached hydrogen (secondary N) is 1. The van der Waals surface area contributed by atoms with Crippen LogP contribution in [0.4, 0.5) is 8.78 Å². The summed E-state index contributed by atoms with van der Waals surface area (Å²) in [4.78, 5) is 33.7. The van der Waals surface area contributed by atoms with E-state index in [1.54, 1.807) is 84.3 Å². The normalized spacial score (nSPS) is 11.1. The number of aromatic amines is 1. The Kier molecular flexibility index (Phi) is 19.6. The van der Waals surface area contributed by atoms with Crippen LogP contribution >= 0.6 is 11.6 Å². The van der Waals surface area contributed by atoms with Crippen LogP contribution in [0.15, 0.2) is 109 Å². The maximum absolute atomic E-state index is 15.2. The summed E-state index contributed by atoms with van der Waals surface area (Å²) in [6, 6.07) is 30.4. The van der Waals surface area contributed by atoms with E-state index in [1.807, 2.05) is 66.7 Å². The molecule has 6 rings (SSSR count). The topological polar surface area (TPSA) is 110 Å². The maximum atomic E-state index is 15.2. The highest BCUT2D eigenvalue weighted by molar-refractivity contribution is 6.64. The number of benzene rings is 2. The fraction of sp³-hybridized carbons (Fsp3) is 0.375. The zero-order valence-electron chi connectivity index (χ0n) is 36.5. The van der Waals surface area contributed by atoms with Crippen molar-refractivity contribution in [3.8, 4) is 22.8 Å². The average Bonchev–Trinajstić information content (AvgIpc) is 3.78. The molecule has 0 aliphatic heterocycles. The van der Waals surface area contributed by atoms with Gasteiger partial charge >= 0.3 is 0 Å². The third-order valence-corrected chi connectivity index (χ3v) is 9.84. The molecule has 60 heavy (non-hydrogen) atoms. The Bertz CT molecular complexity index is 2160. The molecule has 6 aromatic rings. The lowest BCUT2D eigenvalue weighted by atomic mass is 9.95. The van der Waals surface area contributed by atoms with E-state index in [4.69, 9.17) is 11.6 Å². The maximum Gasteiger partial charge on any atom is 0.252 e. The fourth-order valence-electron chi connectivity index (χ4n) is 5.50. The van der Waals surface area contributed by atoms with Gasteiger partial charge < -0.3 is 4.90 Å². The molecule has 0 bridgehead atoms. The molecule has 0 aliphatic carbocycles. The Morgan fingerprint density at radius 1 is 0.633 bits per heavy atom. The molecular formula is C48H60ClF2N7O2. The zero-order valence-corrected chi connectivity index (χ0v) is 37.2. The van der Waals surface area contributed by atoms with Crippen LogP contribution in [0.3, 0.4) is 0 Å². The summed E-state index contributed by atoms with van der Waals surface area (Å²) in [7, 11) is 0. The third kappa shape index (κ3) is 15.3. The van der Waals surface area contributed by atoms with Gasteiger partial charge in [0.15, 0.2) is 11.6 Å². The fourth-order valence-corrected chi connectivity index (χ4v) is 5.50. The summed E-state index contributed by atoms with van der Waals surface area (Å²) < 4.78 is 30.7. The van der Waals surface area contributed by atoms with E-state index >= 15 is 4.39 Å². The third-order valence-electron chi connectivity index (χ3n) is 9.27. The summed E-state index contributed by atoms with van der Waals surface area (Å²) in [6.07, 6.45) is 5.60. The second-order valence-electron chi connectivity index (χ2n) is 16.0. The molecule has 0 fully saturated rings. The molecule has 2 aromatic carbocycles. The first-order valence-electron chi connectivity index (χ1n) is 20.4. The molecular weight excluding hydrogens is 780 g/mol. The first-order chi connectivity index (χ1) is 28.5. The molecule has 0 spiro atoms. The average molecular weight is 841 g/mol. The summed E-state index contributed by atoms with van der Waals surface area (Å²) in [6.45, 7) is 20.9. The molecule has 12 heteroatoms. The molecule has 0 unspecified atom stereocenters. The Balaban J connectivity index is 0.000000248. The van der Waals surface area contributed by atoms with Crippen LogP contribution < -0.4 is 0 Å². The molecule has 320 valence electrons. The van der Waals surface area contributed by atoms with Crippen LogP contribution in [0.2, 0.25) is 0 Å². The molecule has 0 radical (unpaired) electrons. The number of carbonyl (C=O) groups excluding carboxylic acids is 2. The second kappa shape index (κ2) is 24.0. The molecule has 1 N–H and O–H groups in total. The standard InChI is InChI=1S/C21H22FN3O.C16H14FN3.C6H15N.C5H9ClO/c1-21(2,3)20(26)25-17(13-12-15-9-5-4-6-10-15)18(22)19(24-25)16-11-7-8-14-23-16;17-15-13(10-9-12-6-2-1-3-7-12)19-20-16(15)14-8-4-5-11-18-14;1-4-7(5-2)6-3;1-5(2,3)4(6)7/h4-11,14H,12-13H2,1-3H3;1-8,11H,9-10H2,(H,19,20);4-6H2,1-3H3;1-3H3. The minimum Gasteiger partial charge on any atom is -0.304 e. The molecule has 4 heterocycles. The first kappa shape index (κ1) is 49.0. The molecule has 0 atom stereocenters. The number of nitrogens with zero attached hydrogens (tertiary/aromatic N) is 6. The van der Waals surface area contributed by atoms with Gasteiger partial charge in [0.05, 0.1) is 22.8 Å². The first-order valence-corrected chi connectivity index (χ1v) is 20.8. The number of H-pyrrole nitrogens is 1. The van der Waals surface area contributed by atoms with Gasteiger partial charge in [-0.2, -0.15) is 10.2 Å². The number of aromatic nitrogens is 6. The van der Waals surface area contributed by atoms with Crippen LogP contribution in [0.1, 0.15) is 89.6 Å². The highest BCUT2D eigenvalue weighted by Gasteiger charge is 2.30. The lowest BCUT2D eigenvalue weighted by Crippen LogP contribution is -2.29. The Hall–Kier alpha value is -5.39. The van der Waals surface area contributed by atoms with Crippen molar-refractivity contribution in [3.05, 3.63) is 144 Å². The Morgan fingerprint density at radius 2 is 1.08 bits per heavy atom. The van der Waals surface area contributed by atoms with Crippen LogP contribution in [-0.2, 0) is 30.5 Å². The minimum atomic E-state index is -0.665. The molecule has 0 aliphatic rings. The van der Waals surface area contributed by atoms with Crippen molar-refractivity contribution in [2.45, 2.75) is 88.0 Å². The van der Waals surface area contributed by atoms with E-state index < -0.39 is 11.2 Å². The van der Waals surface area contributed by atoms with Crippen molar-refractivity contribution in [1.82, 2.24) is 34.8 Å². The van der Waals surface area contributed by atoms with E-state index in [2.05, 4.69) is 50.9 Å². The van der Waals surface area contributed by atoms with Crippen molar-refractivity contribution in [2.75, 3.05) is 19.6 Å². The monoisotopic (exact) mass is 839 g/mol. The highest BCUT2D eigenvalue weighted by atomic mass is 35.5. The van der Waals surface area contributed by atoms with Gasteiger partial charge in [0.25, 0.3) is 5.91 Å². The Labute approximate surface area is 359 Å². The van der Waals surface area contributed by atoms with Gasteiger partial charge in [-0.1, -0.05) is 135 Å². The summed E-state index contributed by atoms with van der Waals surface area (Å²) in [5.74, 6) is -1.02. The van der Waals surface area contributed by atoms with Gasteiger partial charge in [0.1, 0.15) is 11.4 Å². The summed E-state index contributed by atoms with van der Waals surface area (Å²) >= 11 is 5.11. The highest BCUT2D eigenvalue weighted by Crippen LogP contribution is 2.27. The number of hydrogen-bond acceptors (Lipinski definition) is 7. The number of pyridine rings is 2. The van der Waals surface area contributed by atoms with Gasteiger partial charge in [-0.05, 0) is 92.3 Å². The van der Waals surface area contributed by atoms with E-state index in [0.29, 0.717) is 42.0 Å². The second-order valence-corrected chi connectivity index (χ2v) is 16.3. The van der Waals surface area contributed by atoms with Crippen molar-refractivity contribution in [3.63, 3.8) is 0 Å². The van der Waals surface area contributed by atoms with E-state index in [0.717, 1.165) is 12.0 Å². The number of carbonyl (C=O) groups is 2. The number of rotatable bonds is 11. The lowest BCUT2D eigenvalue weighted by molar-refractivity contribution is -0.118. The molecule has 0 amide bonds.